The van der Waals surface area contributed by atoms with E-state index < -0.39 is 0 Å². The van der Waals surface area contributed by atoms with Gasteiger partial charge >= 0.3 is 5.97 Å². The molecule has 1 saturated heterocycles. The highest BCUT2D eigenvalue weighted by Gasteiger charge is 2.45. The molecule has 3 aliphatic rings. The van der Waals surface area contributed by atoms with Crippen molar-refractivity contribution in [1.82, 2.24) is 0 Å². The number of rotatable bonds is 0. The minimum atomic E-state index is -0.0122. The maximum Gasteiger partial charge on any atom is 0.334 e. The van der Waals surface area contributed by atoms with Crippen LogP contribution in [0.25, 0.3) is 0 Å². The van der Waals surface area contributed by atoms with Crippen LogP contribution in [0.4, 0.5) is 0 Å². The molecular formula is C15H22O2. The topological polar surface area (TPSA) is 26.3 Å². The van der Waals surface area contributed by atoms with Gasteiger partial charge in [0.05, 0.1) is 6.61 Å². The van der Waals surface area contributed by atoms with Crippen LogP contribution in [-0.2, 0) is 9.53 Å². The van der Waals surface area contributed by atoms with Gasteiger partial charge in [0.25, 0.3) is 0 Å². The van der Waals surface area contributed by atoms with E-state index in [1.807, 2.05) is 0 Å². The van der Waals surface area contributed by atoms with E-state index in [1.54, 1.807) is 0 Å². The lowest BCUT2D eigenvalue weighted by Crippen LogP contribution is -2.12. The summed E-state index contributed by atoms with van der Waals surface area (Å²) in [4.78, 5) is 11.9. The van der Waals surface area contributed by atoms with Gasteiger partial charge in [-0.3, -0.25) is 0 Å². The lowest BCUT2D eigenvalue weighted by atomic mass is 9.84. The van der Waals surface area contributed by atoms with Crippen molar-refractivity contribution in [3.05, 3.63) is 11.1 Å². The second-order valence-electron chi connectivity index (χ2n) is 6.94. The number of hydrogen-bond donors (Lipinski definition) is 0. The first-order chi connectivity index (χ1) is 7.98. The zero-order chi connectivity index (χ0) is 12.2. The van der Waals surface area contributed by atoms with Crippen LogP contribution in [0.3, 0.4) is 0 Å². The normalized spacial score (nSPS) is 39.7. The van der Waals surface area contributed by atoms with Crippen molar-refractivity contribution >= 4 is 5.97 Å². The molecule has 3 atom stereocenters. The third kappa shape index (κ3) is 1.73. The second-order valence-corrected chi connectivity index (χ2v) is 6.94. The molecule has 94 valence electrons. The summed E-state index contributed by atoms with van der Waals surface area (Å²) in [5, 5.41) is 0. The summed E-state index contributed by atoms with van der Waals surface area (Å²) in [6.45, 7) is 7.66. The van der Waals surface area contributed by atoms with Crippen LogP contribution in [0.5, 0.6) is 0 Å². The lowest BCUT2D eigenvalue weighted by molar-refractivity contribution is -0.135. The van der Waals surface area contributed by atoms with Crippen molar-refractivity contribution in [2.24, 2.45) is 23.2 Å². The molecule has 0 aromatic rings. The van der Waals surface area contributed by atoms with E-state index in [-0.39, 0.29) is 5.97 Å². The molecule has 1 heterocycles. The van der Waals surface area contributed by atoms with Gasteiger partial charge in [-0.25, -0.2) is 4.79 Å². The molecule has 0 aromatic heterocycles. The van der Waals surface area contributed by atoms with E-state index in [2.05, 4.69) is 20.8 Å². The molecule has 0 N–H and O–H groups in total. The number of allylic oxidation sites excluding steroid dienone is 1. The van der Waals surface area contributed by atoms with Gasteiger partial charge in [-0.05, 0) is 42.9 Å². The number of esters is 1. The van der Waals surface area contributed by atoms with Crippen LogP contribution in [0.15, 0.2) is 11.1 Å². The molecule has 0 unspecified atom stereocenters. The summed E-state index contributed by atoms with van der Waals surface area (Å²) in [5.41, 5.74) is 2.89. The summed E-state index contributed by atoms with van der Waals surface area (Å²) < 4.78 is 5.27. The highest BCUT2D eigenvalue weighted by Crippen LogP contribution is 2.53. The molecule has 0 spiro atoms. The van der Waals surface area contributed by atoms with Crippen molar-refractivity contribution in [1.29, 1.82) is 0 Å². The average Bonchev–Trinajstić information content (AvgIpc) is 2.72. The molecule has 0 radical (unpaired) electrons. The first-order valence-corrected chi connectivity index (χ1v) is 6.88. The molecular weight excluding hydrogens is 212 g/mol. The van der Waals surface area contributed by atoms with Gasteiger partial charge in [-0.1, -0.05) is 26.3 Å². The van der Waals surface area contributed by atoms with E-state index in [0.29, 0.717) is 23.9 Å². The Kier molecular flexibility index (Phi) is 2.39. The Hall–Kier alpha value is -0.790. The monoisotopic (exact) mass is 234 g/mol. The quantitative estimate of drug-likeness (QED) is 0.601. The molecule has 2 fully saturated rings. The van der Waals surface area contributed by atoms with E-state index >= 15 is 0 Å². The van der Waals surface area contributed by atoms with Crippen molar-refractivity contribution in [2.75, 3.05) is 6.61 Å². The van der Waals surface area contributed by atoms with E-state index in [0.717, 1.165) is 24.3 Å². The Bertz CT molecular complexity index is 392. The maximum absolute atomic E-state index is 11.9. The number of carbonyl (C=O) groups excluding carboxylic acids is 1. The van der Waals surface area contributed by atoms with Crippen LogP contribution >= 0.6 is 0 Å². The Balaban J connectivity index is 2.07. The Morgan fingerprint density at radius 1 is 1.29 bits per heavy atom. The van der Waals surface area contributed by atoms with E-state index in [1.165, 1.54) is 18.4 Å². The predicted molar refractivity (Wildman–Crippen MR) is 66.4 cm³/mol. The summed E-state index contributed by atoms with van der Waals surface area (Å²) in [6.07, 6.45) is 4.73. The molecule has 3 rings (SSSR count). The molecule has 0 amide bonds. The molecule has 0 bridgehead atoms. The summed E-state index contributed by atoms with van der Waals surface area (Å²) >= 11 is 0. The fraction of sp³-hybridized carbons (Fsp3) is 0.800. The lowest BCUT2D eigenvalue weighted by Gasteiger charge is -2.21. The SMILES string of the molecule is C[C@@H]1CC[C@H]2COC(=O)C2=C2CC(C)(C)C[C@@H]21. The number of fused-ring (bicyclic) bond motifs is 2. The maximum atomic E-state index is 11.9. The zero-order valence-corrected chi connectivity index (χ0v) is 11.1. The third-order valence-electron chi connectivity index (χ3n) is 4.94. The Morgan fingerprint density at radius 2 is 2.06 bits per heavy atom. The van der Waals surface area contributed by atoms with Crippen LogP contribution in [0, 0.1) is 23.2 Å². The first-order valence-electron chi connectivity index (χ1n) is 6.88. The van der Waals surface area contributed by atoms with Crippen LogP contribution < -0.4 is 0 Å². The van der Waals surface area contributed by atoms with E-state index in [4.69, 9.17) is 4.74 Å². The average molecular weight is 234 g/mol. The van der Waals surface area contributed by atoms with Gasteiger partial charge in [0.2, 0.25) is 0 Å². The number of ether oxygens (including phenoxy) is 1. The van der Waals surface area contributed by atoms with Gasteiger partial charge in [-0.2, -0.15) is 0 Å². The van der Waals surface area contributed by atoms with Crippen molar-refractivity contribution < 1.29 is 9.53 Å². The van der Waals surface area contributed by atoms with Crippen molar-refractivity contribution in [3.63, 3.8) is 0 Å². The number of hydrogen-bond acceptors (Lipinski definition) is 2. The highest BCUT2D eigenvalue weighted by atomic mass is 16.5. The standard InChI is InChI=1S/C15H22O2/c1-9-4-5-10-8-17-14(16)13(10)12-7-15(2,3)6-11(9)12/h9-11H,4-8H2,1-3H3/t9-,10+,11-/m1/s1. The Labute approximate surface area is 103 Å². The largest absolute Gasteiger partial charge is 0.462 e. The van der Waals surface area contributed by atoms with Crippen LogP contribution in [0.2, 0.25) is 0 Å². The molecule has 2 aliphatic carbocycles. The first kappa shape index (κ1) is 11.3. The predicted octanol–water partition coefficient (Wildman–Crippen LogP) is 3.32. The van der Waals surface area contributed by atoms with Gasteiger partial charge in [0.15, 0.2) is 0 Å². The van der Waals surface area contributed by atoms with Gasteiger partial charge in [-0.15, -0.1) is 0 Å². The number of cyclic esters (lactones) is 1. The summed E-state index contributed by atoms with van der Waals surface area (Å²) in [6, 6.07) is 0. The van der Waals surface area contributed by atoms with Gasteiger partial charge < -0.3 is 4.74 Å². The fourth-order valence-corrected chi connectivity index (χ4v) is 4.07. The molecule has 2 nitrogen and oxygen atoms in total. The zero-order valence-electron chi connectivity index (χ0n) is 11.1. The van der Waals surface area contributed by atoms with Gasteiger partial charge in [0.1, 0.15) is 0 Å². The number of carbonyl (C=O) groups is 1. The van der Waals surface area contributed by atoms with Crippen molar-refractivity contribution in [3.8, 4) is 0 Å². The van der Waals surface area contributed by atoms with E-state index in [9.17, 15) is 4.79 Å². The van der Waals surface area contributed by atoms with Gasteiger partial charge in [0, 0.05) is 11.5 Å². The highest BCUT2D eigenvalue weighted by molar-refractivity contribution is 5.92. The summed E-state index contributed by atoms with van der Waals surface area (Å²) in [5.74, 6) is 1.76. The third-order valence-corrected chi connectivity index (χ3v) is 4.94. The van der Waals surface area contributed by atoms with Crippen LogP contribution in [0.1, 0.15) is 46.5 Å². The molecule has 17 heavy (non-hydrogen) atoms. The van der Waals surface area contributed by atoms with Crippen LogP contribution in [-0.4, -0.2) is 12.6 Å². The summed E-state index contributed by atoms with van der Waals surface area (Å²) in [7, 11) is 0. The molecule has 1 aliphatic heterocycles. The molecule has 1 saturated carbocycles. The minimum Gasteiger partial charge on any atom is -0.462 e. The Morgan fingerprint density at radius 3 is 2.82 bits per heavy atom. The minimum absolute atomic E-state index is 0.0122. The second kappa shape index (κ2) is 3.60. The smallest absolute Gasteiger partial charge is 0.334 e. The van der Waals surface area contributed by atoms with Crippen molar-refractivity contribution in [2.45, 2.75) is 46.5 Å². The molecule has 0 aromatic carbocycles. The fourth-order valence-electron chi connectivity index (χ4n) is 4.07. The molecule has 2 heteroatoms.